The lowest BCUT2D eigenvalue weighted by molar-refractivity contribution is -0.715. The minimum absolute atomic E-state index is 0.0131. The lowest BCUT2D eigenvalue weighted by atomic mass is 10.0. The topological polar surface area (TPSA) is 167 Å². The molecule has 3 rings (SSSR count). The van der Waals surface area contributed by atoms with Crippen molar-refractivity contribution in [1.29, 1.82) is 0 Å². The molecule has 0 spiro atoms. The van der Waals surface area contributed by atoms with Crippen LogP contribution >= 0.6 is 0 Å². The maximum Gasteiger partial charge on any atom is 0.435 e. The summed E-state index contributed by atoms with van der Waals surface area (Å²) in [6.07, 6.45) is -6.89. The number of hydrazine groups is 1. The van der Waals surface area contributed by atoms with Crippen molar-refractivity contribution in [3.63, 3.8) is 0 Å². The summed E-state index contributed by atoms with van der Waals surface area (Å²) in [6, 6.07) is 11.6. The van der Waals surface area contributed by atoms with Crippen molar-refractivity contribution in [2.75, 3.05) is 13.7 Å². The Kier molecular flexibility index (Phi) is 11.8. The van der Waals surface area contributed by atoms with Crippen molar-refractivity contribution < 1.29 is 50.5 Å². The molecule has 0 fully saturated rings. The van der Waals surface area contributed by atoms with E-state index < -0.39 is 52.9 Å². The standard InChI is InChI=1S/C29H35F3N6O8S/c1-18(2)15-24(36(6)38(41)35-46-21(5)45-20(4)39)17-44-28(40)34-47(42,43)25-13-11-23(12-14-25)37-26(16-27(33-37)29(30,31)32)22-9-7-19(3)8-10-22/h7-14,16,18,21,24H,15,17H2,1-6H3,(H,34,40)/t21?,24-/m0/s1. The zero-order chi connectivity index (χ0) is 35.1. The summed E-state index contributed by atoms with van der Waals surface area (Å²) >= 11 is 0. The monoisotopic (exact) mass is 684 g/mol. The van der Waals surface area contributed by atoms with E-state index in [-0.39, 0.29) is 27.2 Å². The third-order valence-corrected chi connectivity index (χ3v) is 7.83. The Morgan fingerprint density at radius 2 is 1.72 bits per heavy atom. The van der Waals surface area contributed by atoms with Crippen LogP contribution in [0.5, 0.6) is 0 Å². The number of hydrogen-bond donors (Lipinski definition) is 1. The number of amides is 1. The molecule has 1 amide bonds. The molecule has 0 saturated carbocycles. The number of aromatic nitrogens is 2. The first-order valence-corrected chi connectivity index (χ1v) is 15.6. The van der Waals surface area contributed by atoms with E-state index in [2.05, 4.69) is 10.4 Å². The molecular weight excluding hydrogens is 649 g/mol. The summed E-state index contributed by atoms with van der Waals surface area (Å²) < 4.78 is 79.0. The molecule has 0 radical (unpaired) electrons. The quantitative estimate of drug-likeness (QED) is 0.0815. The van der Waals surface area contributed by atoms with Gasteiger partial charge >= 0.3 is 18.2 Å². The van der Waals surface area contributed by atoms with Gasteiger partial charge in [0.15, 0.2) is 5.69 Å². The normalized spacial score (nSPS) is 13.5. The third-order valence-electron chi connectivity index (χ3n) is 6.50. The van der Waals surface area contributed by atoms with Gasteiger partial charge < -0.3 is 14.7 Å². The lowest BCUT2D eigenvalue weighted by Gasteiger charge is -2.25. The van der Waals surface area contributed by atoms with Gasteiger partial charge in [-0.25, -0.2) is 22.6 Å². The molecule has 14 nitrogen and oxygen atoms in total. The molecule has 0 aliphatic carbocycles. The third kappa shape index (κ3) is 10.3. The second kappa shape index (κ2) is 15.1. The van der Waals surface area contributed by atoms with E-state index in [0.717, 1.165) is 40.4 Å². The number of nitrogens with one attached hydrogen (secondary N) is 1. The van der Waals surface area contributed by atoms with Crippen LogP contribution in [0.25, 0.3) is 16.9 Å². The van der Waals surface area contributed by atoms with Crippen LogP contribution in [0.4, 0.5) is 18.0 Å². The van der Waals surface area contributed by atoms with Crippen molar-refractivity contribution in [3.8, 4) is 16.9 Å². The molecule has 0 aliphatic heterocycles. The smallest absolute Gasteiger partial charge is 0.435 e. The maximum absolute atomic E-state index is 13.5. The fourth-order valence-corrected chi connectivity index (χ4v) is 5.11. The summed E-state index contributed by atoms with van der Waals surface area (Å²) in [5, 5.41) is 20.5. The highest BCUT2D eigenvalue weighted by molar-refractivity contribution is 7.90. The van der Waals surface area contributed by atoms with Crippen molar-refractivity contribution in [3.05, 3.63) is 71.1 Å². The molecule has 1 unspecified atom stereocenters. The van der Waals surface area contributed by atoms with Gasteiger partial charge in [0.25, 0.3) is 16.3 Å². The van der Waals surface area contributed by atoms with Gasteiger partial charge in [-0.05, 0) is 49.6 Å². The number of hydrogen-bond acceptors (Lipinski definition) is 10. The lowest BCUT2D eigenvalue weighted by Crippen LogP contribution is -2.43. The highest BCUT2D eigenvalue weighted by Crippen LogP contribution is 2.33. The van der Waals surface area contributed by atoms with Crippen molar-refractivity contribution in [1.82, 2.24) is 19.5 Å². The Hall–Kier alpha value is -4.87. The molecule has 1 aromatic heterocycles. The number of rotatable bonds is 13. The number of carbonyl (C=O) groups is 2. The van der Waals surface area contributed by atoms with Gasteiger partial charge in [0, 0.05) is 19.4 Å². The van der Waals surface area contributed by atoms with Crippen molar-refractivity contribution in [2.45, 2.75) is 64.4 Å². The van der Waals surface area contributed by atoms with Crippen LogP contribution < -0.4 is 4.72 Å². The Balaban J connectivity index is 1.73. The van der Waals surface area contributed by atoms with Gasteiger partial charge in [0.1, 0.15) is 12.6 Å². The van der Waals surface area contributed by atoms with Crippen molar-refractivity contribution in [2.24, 2.45) is 11.2 Å². The molecular formula is C29H35F3N6O8S. The molecule has 1 heterocycles. The minimum atomic E-state index is -4.72. The van der Waals surface area contributed by atoms with E-state index in [1.54, 1.807) is 29.0 Å². The molecule has 0 bridgehead atoms. The zero-order valence-electron chi connectivity index (χ0n) is 26.4. The number of sulfonamides is 1. The van der Waals surface area contributed by atoms with E-state index in [0.29, 0.717) is 12.0 Å². The summed E-state index contributed by atoms with van der Waals surface area (Å²) in [5.41, 5.74) is 0.493. The molecule has 3 aromatic rings. The van der Waals surface area contributed by atoms with Gasteiger partial charge in [-0.1, -0.05) is 43.7 Å². The van der Waals surface area contributed by atoms with Gasteiger partial charge in [0.05, 0.1) is 28.3 Å². The average molecular weight is 685 g/mol. The molecule has 47 heavy (non-hydrogen) atoms. The maximum atomic E-state index is 13.5. The highest BCUT2D eigenvalue weighted by atomic mass is 32.2. The number of likely N-dealkylation sites (N-methyl/N-ethyl adjacent to an activating group) is 1. The van der Waals surface area contributed by atoms with Crippen LogP contribution in [0.3, 0.4) is 0 Å². The Morgan fingerprint density at radius 1 is 1.11 bits per heavy atom. The number of aryl methyl sites for hydroxylation is 1. The Bertz CT molecular complexity index is 1680. The first-order chi connectivity index (χ1) is 21.9. The highest BCUT2D eigenvalue weighted by Gasteiger charge is 2.35. The Morgan fingerprint density at radius 3 is 2.28 bits per heavy atom. The molecule has 256 valence electrons. The second-order valence-corrected chi connectivity index (χ2v) is 12.5. The summed E-state index contributed by atoms with van der Waals surface area (Å²) in [7, 11) is -3.14. The Labute approximate surface area is 269 Å². The van der Waals surface area contributed by atoms with Gasteiger partial charge in [-0.3, -0.25) is 9.63 Å². The summed E-state index contributed by atoms with van der Waals surface area (Å²) in [6.45, 7) is 7.59. The van der Waals surface area contributed by atoms with E-state index in [9.17, 15) is 36.4 Å². The molecule has 0 saturated heterocycles. The number of ether oxygens (including phenoxy) is 2. The molecule has 2 atom stereocenters. The van der Waals surface area contributed by atoms with Crippen LogP contribution in [0.2, 0.25) is 0 Å². The fraction of sp³-hybridized carbons (Fsp3) is 0.414. The second-order valence-electron chi connectivity index (χ2n) is 10.9. The zero-order valence-corrected chi connectivity index (χ0v) is 27.2. The van der Waals surface area contributed by atoms with Crippen LogP contribution in [0.15, 0.2) is 64.8 Å². The van der Waals surface area contributed by atoms with Crippen LogP contribution in [0, 0.1) is 18.0 Å². The summed E-state index contributed by atoms with van der Waals surface area (Å²) in [5.74, 6) is -0.634. The number of nitrogens with zero attached hydrogens (tertiary/aromatic N) is 5. The fourth-order valence-electron chi connectivity index (χ4n) is 4.21. The van der Waals surface area contributed by atoms with Crippen LogP contribution in [-0.4, -0.2) is 66.2 Å². The number of halogens is 3. The molecule has 1 N–H and O–H groups in total. The largest absolute Gasteiger partial charge is 0.569 e. The van der Waals surface area contributed by atoms with Gasteiger partial charge in [-0.2, -0.15) is 18.3 Å². The van der Waals surface area contributed by atoms with Gasteiger partial charge in [-0.15, -0.1) is 5.01 Å². The van der Waals surface area contributed by atoms with Crippen LogP contribution in [-0.2, 0) is 35.3 Å². The molecule has 18 heteroatoms. The average Bonchev–Trinajstić information content (AvgIpc) is 3.44. The SMILES string of the molecule is CC(=O)OC(C)ON=[N+]([O-])N(C)[C@H](COC(=O)NS(=O)(=O)c1ccc(-n2nc(C(F)(F)F)cc2-c2ccc(C)cc2)cc1)CC(C)C. The number of carbonyl (C=O) groups excluding carboxylic acids is 2. The van der Waals surface area contributed by atoms with E-state index >= 15 is 0 Å². The minimum Gasteiger partial charge on any atom is -0.569 e. The molecule has 0 aliphatic rings. The predicted octanol–water partition coefficient (Wildman–Crippen LogP) is 5.35. The van der Waals surface area contributed by atoms with E-state index in [1.165, 1.54) is 26.1 Å². The number of esters is 1. The summed E-state index contributed by atoms with van der Waals surface area (Å²) in [4.78, 5) is 28.0. The van der Waals surface area contributed by atoms with E-state index in [1.807, 2.05) is 20.8 Å². The molecule has 2 aromatic carbocycles. The van der Waals surface area contributed by atoms with Crippen LogP contribution in [0.1, 0.15) is 45.4 Å². The van der Waals surface area contributed by atoms with Gasteiger partial charge in [0.2, 0.25) is 5.28 Å². The first-order valence-electron chi connectivity index (χ1n) is 14.2. The number of benzene rings is 2. The number of alkyl halides is 3. The first kappa shape index (κ1) is 36.6. The predicted molar refractivity (Wildman–Crippen MR) is 160 cm³/mol. The van der Waals surface area contributed by atoms with Crippen molar-refractivity contribution >= 4 is 22.1 Å². The van der Waals surface area contributed by atoms with E-state index in [4.69, 9.17) is 14.3 Å².